The highest BCUT2D eigenvalue weighted by Crippen LogP contribution is 2.38. The van der Waals surface area contributed by atoms with Gasteiger partial charge in [-0.1, -0.05) is 6.92 Å². The van der Waals surface area contributed by atoms with Gasteiger partial charge in [0, 0.05) is 5.69 Å². The fraction of sp³-hybridized carbons (Fsp3) is 0.467. The normalized spacial score (nSPS) is 21.8. The van der Waals surface area contributed by atoms with Crippen LogP contribution in [0.2, 0.25) is 0 Å². The third-order valence-corrected chi connectivity index (χ3v) is 3.43. The summed E-state index contributed by atoms with van der Waals surface area (Å²) in [6.45, 7) is 3.57. The van der Waals surface area contributed by atoms with Crippen molar-refractivity contribution in [3.8, 4) is 5.75 Å². The number of carbonyl (C=O) groups is 2. The van der Waals surface area contributed by atoms with Crippen LogP contribution in [0.15, 0.2) is 24.3 Å². The maximum atomic E-state index is 11.9. The van der Waals surface area contributed by atoms with Crippen LogP contribution < -0.4 is 10.1 Å². The molecule has 1 aromatic rings. The highest BCUT2D eigenvalue weighted by molar-refractivity contribution is 5.95. The summed E-state index contributed by atoms with van der Waals surface area (Å²) < 4.78 is 10.2. The minimum atomic E-state index is -0.794. The average Bonchev–Trinajstić information content (AvgIpc) is 3.16. The number of rotatable bonds is 5. The molecule has 5 heteroatoms. The van der Waals surface area contributed by atoms with Crippen LogP contribution in [0.5, 0.6) is 5.75 Å². The summed E-state index contributed by atoms with van der Waals surface area (Å²) in [5.41, 5.74) is 0.637. The van der Waals surface area contributed by atoms with Crippen LogP contribution >= 0.6 is 0 Å². The van der Waals surface area contributed by atoms with Gasteiger partial charge in [0.05, 0.1) is 13.0 Å². The average molecular weight is 277 g/mol. The minimum Gasteiger partial charge on any atom is -0.497 e. The SMILES string of the molecule is COc1ccc(NC(=O)[C@H](C)OC(=O)[C@@H]2C[C@H]2C)cc1. The Balaban J connectivity index is 1.85. The van der Waals surface area contributed by atoms with Crippen molar-refractivity contribution in [3.63, 3.8) is 0 Å². The topological polar surface area (TPSA) is 64.6 Å². The second-order valence-corrected chi connectivity index (χ2v) is 5.12. The molecule has 0 radical (unpaired) electrons. The van der Waals surface area contributed by atoms with E-state index in [0.29, 0.717) is 17.4 Å². The van der Waals surface area contributed by atoms with Gasteiger partial charge >= 0.3 is 5.97 Å². The fourth-order valence-corrected chi connectivity index (χ4v) is 1.88. The van der Waals surface area contributed by atoms with Gasteiger partial charge in [-0.3, -0.25) is 9.59 Å². The quantitative estimate of drug-likeness (QED) is 0.838. The van der Waals surface area contributed by atoms with E-state index in [0.717, 1.165) is 6.42 Å². The number of anilines is 1. The summed E-state index contributed by atoms with van der Waals surface area (Å²) in [5.74, 6) is 0.433. The lowest BCUT2D eigenvalue weighted by Crippen LogP contribution is -2.30. The van der Waals surface area contributed by atoms with E-state index in [1.54, 1.807) is 38.3 Å². The highest BCUT2D eigenvalue weighted by Gasteiger charge is 2.41. The smallest absolute Gasteiger partial charge is 0.309 e. The van der Waals surface area contributed by atoms with Gasteiger partial charge in [0.1, 0.15) is 5.75 Å². The molecule has 2 rings (SSSR count). The van der Waals surface area contributed by atoms with E-state index in [1.165, 1.54) is 0 Å². The first-order valence-corrected chi connectivity index (χ1v) is 6.66. The van der Waals surface area contributed by atoms with E-state index in [1.807, 2.05) is 6.92 Å². The Labute approximate surface area is 118 Å². The molecule has 1 aromatic carbocycles. The molecule has 108 valence electrons. The van der Waals surface area contributed by atoms with Crippen molar-refractivity contribution in [1.82, 2.24) is 0 Å². The van der Waals surface area contributed by atoms with Gasteiger partial charge in [-0.15, -0.1) is 0 Å². The fourth-order valence-electron chi connectivity index (χ4n) is 1.88. The number of hydrogen-bond donors (Lipinski definition) is 1. The Hall–Kier alpha value is -2.04. The molecule has 1 N–H and O–H groups in total. The molecule has 5 nitrogen and oxygen atoms in total. The number of methoxy groups -OCH3 is 1. The van der Waals surface area contributed by atoms with Crippen LogP contribution in [0.3, 0.4) is 0 Å². The van der Waals surface area contributed by atoms with E-state index in [9.17, 15) is 9.59 Å². The first-order valence-electron chi connectivity index (χ1n) is 6.66. The summed E-state index contributed by atoms with van der Waals surface area (Å²) in [6, 6.07) is 6.96. The summed E-state index contributed by atoms with van der Waals surface area (Å²) in [4.78, 5) is 23.6. The Morgan fingerprint density at radius 1 is 1.30 bits per heavy atom. The summed E-state index contributed by atoms with van der Waals surface area (Å²) in [5, 5.41) is 2.70. The van der Waals surface area contributed by atoms with Gasteiger partial charge in [-0.2, -0.15) is 0 Å². The van der Waals surface area contributed by atoms with Gasteiger partial charge in [0.15, 0.2) is 6.10 Å². The Morgan fingerprint density at radius 3 is 2.40 bits per heavy atom. The van der Waals surface area contributed by atoms with Crippen molar-refractivity contribution in [2.75, 3.05) is 12.4 Å². The molecule has 1 saturated carbocycles. The summed E-state index contributed by atoms with van der Waals surface area (Å²) in [7, 11) is 1.58. The molecule has 3 atom stereocenters. The van der Waals surface area contributed by atoms with Crippen molar-refractivity contribution in [1.29, 1.82) is 0 Å². The van der Waals surface area contributed by atoms with Crippen LogP contribution in [-0.2, 0) is 14.3 Å². The minimum absolute atomic E-state index is 0.0359. The first-order chi connectivity index (χ1) is 9.51. The van der Waals surface area contributed by atoms with Gasteiger partial charge < -0.3 is 14.8 Å². The second-order valence-electron chi connectivity index (χ2n) is 5.12. The molecule has 1 fully saturated rings. The molecule has 0 aromatic heterocycles. The predicted molar refractivity (Wildman–Crippen MR) is 74.4 cm³/mol. The molecule has 0 aliphatic heterocycles. The Morgan fingerprint density at radius 2 is 1.90 bits per heavy atom. The van der Waals surface area contributed by atoms with Crippen molar-refractivity contribution in [2.45, 2.75) is 26.4 Å². The van der Waals surface area contributed by atoms with Gasteiger partial charge in [0.2, 0.25) is 0 Å². The third kappa shape index (κ3) is 3.50. The Bertz CT molecular complexity index is 497. The molecule has 0 heterocycles. The van der Waals surface area contributed by atoms with E-state index in [2.05, 4.69) is 5.32 Å². The lowest BCUT2D eigenvalue weighted by atomic mass is 10.2. The number of amides is 1. The highest BCUT2D eigenvalue weighted by atomic mass is 16.5. The molecule has 1 amide bonds. The summed E-state index contributed by atoms with van der Waals surface area (Å²) in [6.07, 6.45) is 0.0588. The van der Waals surface area contributed by atoms with Crippen LogP contribution in [0.4, 0.5) is 5.69 Å². The predicted octanol–water partition coefficient (Wildman–Crippen LogP) is 2.22. The second kappa shape index (κ2) is 5.94. The van der Waals surface area contributed by atoms with E-state index in [4.69, 9.17) is 9.47 Å². The monoisotopic (exact) mass is 277 g/mol. The zero-order valence-corrected chi connectivity index (χ0v) is 11.9. The molecule has 0 saturated heterocycles. The van der Waals surface area contributed by atoms with Crippen LogP contribution in [0.1, 0.15) is 20.3 Å². The molecule has 1 aliphatic carbocycles. The largest absolute Gasteiger partial charge is 0.497 e. The van der Waals surface area contributed by atoms with E-state index >= 15 is 0 Å². The van der Waals surface area contributed by atoms with Crippen molar-refractivity contribution in [3.05, 3.63) is 24.3 Å². The number of nitrogens with one attached hydrogen (secondary N) is 1. The van der Waals surface area contributed by atoms with Crippen molar-refractivity contribution in [2.24, 2.45) is 11.8 Å². The Kier molecular flexibility index (Phi) is 4.27. The van der Waals surface area contributed by atoms with Crippen LogP contribution in [0.25, 0.3) is 0 Å². The van der Waals surface area contributed by atoms with E-state index < -0.39 is 6.10 Å². The molecule has 20 heavy (non-hydrogen) atoms. The van der Waals surface area contributed by atoms with Gasteiger partial charge in [-0.05, 0) is 43.5 Å². The molecular formula is C15H19NO4. The number of hydrogen-bond acceptors (Lipinski definition) is 4. The van der Waals surface area contributed by atoms with Crippen LogP contribution in [0, 0.1) is 11.8 Å². The number of benzene rings is 1. The standard InChI is InChI=1S/C15H19NO4/c1-9-8-13(9)15(18)20-10(2)14(17)16-11-4-6-12(19-3)7-5-11/h4-7,9-10,13H,8H2,1-3H3,(H,16,17)/t9-,10+,13-/m1/s1. The maximum Gasteiger partial charge on any atom is 0.309 e. The molecule has 0 unspecified atom stereocenters. The molecule has 1 aliphatic rings. The number of ether oxygens (including phenoxy) is 2. The molecular weight excluding hydrogens is 258 g/mol. The lowest BCUT2D eigenvalue weighted by molar-refractivity contribution is -0.154. The van der Waals surface area contributed by atoms with Crippen LogP contribution in [-0.4, -0.2) is 25.1 Å². The lowest BCUT2D eigenvalue weighted by Gasteiger charge is -2.13. The molecule has 0 spiro atoms. The number of carbonyl (C=O) groups excluding carboxylic acids is 2. The third-order valence-electron chi connectivity index (χ3n) is 3.43. The number of esters is 1. The van der Waals surface area contributed by atoms with Crippen molar-refractivity contribution < 1.29 is 19.1 Å². The maximum absolute atomic E-state index is 11.9. The van der Waals surface area contributed by atoms with Gasteiger partial charge in [0.25, 0.3) is 5.91 Å². The summed E-state index contributed by atoms with van der Waals surface area (Å²) >= 11 is 0. The first kappa shape index (κ1) is 14.4. The van der Waals surface area contributed by atoms with E-state index in [-0.39, 0.29) is 17.8 Å². The zero-order valence-electron chi connectivity index (χ0n) is 11.9. The molecule has 0 bridgehead atoms. The zero-order chi connectivity index (χ0) is 14.7. The van der Waals surface area contributed by atoms with Crippen molar-refractivity contribution >= 4 is 17.6 Å². The van der Waals surface area contributed by atoms with Gasteiger partial charge in [-0.25, -0.2) is 0 Å².